The molecule has 0 saturated carbocycles. The molecule has 2 aromatic carbocycles. The number of aromatic nitrogens is 3. The Morgan fingerprint density at radius 2 is 1.73 bits per heavy atom. The first-order valence-corrected chi connectivity index (χ1v) is 10.5. The molecule has 30 heavy (non-hydrogen) atoms. The van der Waals surface area contributed by atoms with Crippen molar-refractivity contribution in [2.75, 3.05) is 11.9 Å². The molecule has 0 fully saturated rings. The van der Waals surface area contributed by atoms with Crippen molar-refractivity contribution in [1.29, 1.82) is 0 Å². The zero-order chi connectivity index (χ0) is 20.9. The molecule has 0 saturated heterocycles. The third-order valence-electron chi connectivity index (χ3n) is 4.20. The lowest BCUT2D eigenvalue weighted by atomic mass is 10.1. The minimum Gasteiger partial charge on any atom is -0.461 e. The van der Waals surface area contributed by atoms with E-state index in [9.17, 15) is 4.79 Å². The number of carbonyl (C=O) groups excluding carboxylic acids is 1. The van der Waals surface area contributed by atoms with Gasteiger partial charge in [-0.25, -0.2) is 9.78 Å². The molecular formula is C22H17ClN4O2S. The first kappa shape index (κ1) is 20.0. The molecule has 150 valence electrons. The van der Waals surface area contributed by atoms with Crippen LogP contribution < -0.4 is 5.32 Å². The number of ether oxygens (including phenoxy) is 1. The highest BCUT2D eigenvalue weighted by molar-refractivity contribution is 7.13. The monoisotopic (exact) mass is 436 g/mol. The lowest BCUT2D eigenvalue weighted by molar-refractivity contribution is 0.0518. The Labute approximate surface area is 182 Å². The number of anilines is 2. The summed E-state index contributed by atoms with van der Waals surface area (Å²) < 4.78 is 4.90. The second-order valence-electron chi connectivity index (χ2n) is 6.27. The summed E-state index contributed by atoms with van der Waals surface area (Å²) in [5.41, 5.74) is 4.00. The molecule has 0 atom stereocenters. The van der Waals surface area contributed by atoms with E-state index >= 15 is 0 Å². The predicted octanol–water partition coefficient (Wildman–Crippen LogP) is 5.84. The maximum absolute atomic E-state index is 11.6. The van der Waals surface area contributed by atoms with Gasteiger partial charge in [0, 0.05) is 27.2 Å². The van der Waals surface area contributed by atoms with Gasteiger partial charge in [-0.15, -0.1) is 21.5 Å². The molecule has 0 radical (unpaired) electrons. The number of thiazole rings is 1. The molecule has 2 aromatic heterocycles. The van der Waals surface area contributed by atoms with Crippen LogP contribution in [-0.2, 0) is 4.74 Å². The highest BCUT2D eigenvalue weighted by Crippen LogP contribution is 2.30. The highest BCUT2D eigenvalue weighted by atomic mass is 35.5. The first-order chi connectivity index (χ1) is 14.6. The number of benzene rings is 2. The Kier molecular flexibility index (Phi) is 6.02. The Bertz CT molecular complexity index is 1140. The molecule has 8 heteroatoms. The molecule has 4 rings (SSSR count). The predicted molar refractivity (Wildman–Crippen MR) is 119 cm³/mol. The zero-order valence-corrected chi connectivity index (χ0v) is 17.6. The van der Waals surface area contributed by atoms with Gasteiger partial charge < -0.3 is 10.1 Å². The van der Waals surface area contributed by atoms with Crippen LogP contribution in [0.5, 0.6) is 0 Å². The quantitative estimate of drug-likeness (QED) is 0.382. The summed E-state index contributed by atoms with van der Waals surface area (Å²) in [6, 6.07) is 18.8. The summed E-state index contributed by atoms with van der Waals surface area (Å²) in [5, 5.41) is 14.8. The molecule has 0 aliphatic carbocycles. The summed E-state index contributed by atoms with van der Waals surface area (Å²) in [5.74, 6) is 0.0524. The fraction of sp³-hybridized carbons (Fsp3) is 0.0909. The Hall–Kier alpha value is -3.29. The maximum atomic E-state index is 11.6. The Morgan fingerprint density at radius 3 is 2.40 bits per heavy atom. The van der Waals surface area contributed by atoms with E-state index in [-0.39, 0.29) is 5.69 Å². The SMILES string of the molecule is CCOC(=O)c1ccc(Nc2ccc(-c3csc(-c4ccc(Cl)cc4)n3)cc2)nn1. The second kappa shape index (κ2) is 9.02. The van der Waals surface area contributed by atoms with Crippen LogP contribution in [-0.4, -0.2) is 27.8 Å². The second-order valence-corrected chi connectivity index (χ2v) is 7.57. The molecule has 6 nitrogen and oxygen atoms in total. The minimum absolute atomic E-state index is 0.178. The van der Waals surface area contributed by atoms with Gasteiger partial charge in [0.15, 0.2) is 11.5 Å². The van der Waals surface area contributed by atoms with E-state index in [1.54, 1.807) is 30.4 Å². The van der Waals surface area contributed by atoms with Gasteiger partial charge in [-0.05, 0) is 43.3 Å². The average Bonchev–Trinajstić information content (AvgIpc) is 3.26. The van der Waals surface area contributed by atoms with Crippen LogP contribution in [0.2, 0.25) is 5.02 Å². The standard InChI is InChI=1S/C22H17ClN4O2S/c1-2-29-22(28)18-11-12-20(27-26-18)24-17-9-5-14(6-10-17)19-13-30-21(25-19)15-3-7-16(23)8-4-15/h3-13H,2H2,1H3,(H,24,27). The Balaban J connectivity index is 1.44. The van der Waals surface area contributed by atoms with Crippen molar-refractivity contribution >= 4 is 40.4 Å². The van der Waals surface area contributed by atoms with Gasteiger partial charge in [0.2, 0.25) is 0 Å². The number of hydrogen-bond donors (Lipinski definition) is 1. The van der Waals surface area contributed by atoms with Crippen molar-refractivity contribution in [3.05, 3.63) is 76.8 Å². The third kappa shape index (κ3) is 4.64. The number of halogens is 1. The number of carbonyl (C=O) groups is 1. The van der Waals surface area contributed by atoms with Gasteiger partial charge in [-0.3, -0.25) is 0 Å². The van der Waals surface area contributed by atoms with Gasteiger partial charge >= 0.3 is 5.97 Å². The lowest BCUT2D eigenvalue weighted by Gasteiger charge is -2.06. The number of hydrogen-bond acceptors (Lipinski definition) is 7. The van der Waals surface area contributed by atoms with Gasteiger partial charge in [-0.1, -0.05) is 35.9 Å². The normalized spacial score (nSPS) is 10.6. The van der Waals surface area contributed by atoms with E-state index in [2.05, 4.69) is 15.5 Å². The molecular weight excluding hydrogens is 420 g/mol. The Morgan fingerprint density at radius 1 is 1.00 bits per heavy atom. The topological polar surface area (TPSA) is 77.0 Å². The van der Waals surface area contributed by atoms with E-state index in [1.807, 2.05) is 53.9 Å². The fourth-order valence-electron chi connectivity index (χ4n) is 2.72. The van der Waals surface area contributed by atoms with Crippen LogP contribution in [0.15, 0.2) is 66.0 Å². The third-order valence-corrected chi connectivity index (χ3v) is 5.34. The van der Waals surface area contributed by atoms with E-state index in [4.69, 9.17) is 21.3 Å². The molecule has 0 bridgehead atoms. The summed E-state index contributed by atoms with van der Waals surface area (Å²) >= 11 is 7.55. The van der Waals surface area contributed by atoms with Gasteiger partial charge in [0.1, 0.15) is 5.01 Å². The van der Waals surface area contributed by atoms with Crippen molar-refractivity contribution in [2.24, 2.45) is 0 Å². The van der Waals surface area contributed by atoms with Gasteiger partial charge in [-0.2, -0.15) is 0 Å². The summed E-state index contributed by atoms with van der Waals surface area (Å²) in [6.07, 6.45) is 0. The van der Waals surface area contributed by atoms with Gasteiger partial charge in [0.05, 0.1) is 12.3 Å². The molecule has 0 amide bonds. The lowest BCUT2D eigenvalue weighted by Crippen LogP contribution is -2.08. The first-order valence-electron chi connectivity index (χ1n) is 9.22. The van der Waals surface area contributed by atoms with Crippen LogP contribution in [0.4, 0.5) is 11.5 Å². The highest BCUT2D eigenvalue weighted by Gasteiger charge is 2.10. The van der Waals surface area contributed by atoms with Gasteiger partial charge in [0.25, 0.3) is 0 Å². The average molecular weight is 437 g/mol. The molecule has 0 spiro atoms. The van der Waals surface area contributed by atoms with Crippen molar-refractivity contribution < 1.29 is 9.53 Å². The molecule has 0 aliphatic heterocycles. The fourth-order valence-corrected chi connectivity index (χ4v) is 3.68. The zero-order valence-electron chi connectivity index (χ0n) is 16.0. The summed E-state index contributed by atoms with van der Waals surface area (Å²) in [4.78, 5) is 16.4. The molecule has 0 unspecified atom stereocenters. The number of rotatable bonds is 6. The molecule has 2 heterocycles. The summed E-state index contributed by atoms with van der Waals surface area (Å²) in [7, 11) is 0. The van der Waals surface area contributed by atoms with Crippen LogP contribution >= 0.6 is 22.9 Å². The smallest absolute Gasteiger partial charge is 0.358 e. The maximum Gasteiger partial charge on any atom is 0.358 e. The molecule has 0 aliphatic rings. The van der Waals surface area contributed by atoms with Crippen molar-refractivity contribution in [1.82, 2.24) is 15.2 Å². The van der Waals surface area contributed by atoms with E-state index < -0.39 is 5.97 Å². The van der Waals surface area contributed by atoms with Crippen LogP contribution in [0.3, 0.4) is 0 Å². The van der Waals surface area contributed by atoms with Crippen molar-refractivity contribution in [3.8, 4) is 21.8 Å². The summed E-state index contributed by atoms with van der Waals surface area (Å²) in [6.45, 7) is 2.04. The van der Waals surface area contributed by atoms with E-state index in [0.717, 1.165) is 27.5 Å². The molecule has 1 N–H and O–H groups in total. The largest absolute Gasteiger partial charge is 0.461 e. The van der Waals surface area contributed by atoms with E-state index in [1.165, 1.54) is 0 Å². The van der Waals surface area contributed by atoms with Crippen LogP contribution in [0.1, 0.15) is 17.4 Å². The van der Waals surface area contributed by atoms with E-state index in [0.29, 0.717) is 17.4 Å². The van der Waals surface area contributed by atoms with Crippen molar-refractivity contribution in [2.45, 2.75) is 6.92 Å². The van der Waals surface area contributed by atoms with Crippen molar-refractivity contribution in [3.63, 3.8) is 0 Å². The number of nitrogens with zero attached hydrogens (tertiary/aromatic N) is 3. The number of nitrogens with one attached hydrogen (secondary N) is 1. The minimum atomic E-state index is -0.484. The number of esters is 1. The molecule has 4 aromatic rings. The van der Waals surface area contributed by atoms with Crippen LogP contribution in [0, 0.1) is 0 Å². The van der Waals surface area contributed by atoms with Crippen LogP contribution in [0.25, 0.3) is 21.8 Å².